The van der Waals surface area contributed by atoms with Crippen LogP contribution in [0.1, 0.15) is 40.0 Å². The number of piperidine rings is 1. The Kier molecular flexibility index (Phi) is 3.83. The SMILES string of the molecule is CC(C)(C)OC(=O)N1CCC2(CCSC2O)CC1. The van der Waals surface area contributed by atoms with E-state index in [-0.39, 0.29) is 16.9 Å². The monoisotopic (exact) mass is 273 g/mol. The molecule has 0 aromatic heterocycles. The highest BCUT2D eigenvalue weighted by Gasteiger charge is 2.45. The van der Waals surface area contributed by atoms with Crippen molar-refractivity contribution in [3.8, 4) is 0 Å². The largest absolute Gasteiger partial charge is 0.444 e. The van der Waals surface area contributed by atoms with Gasteiger partial charge >= 0.3 is 6.09 Å². The highest BCUT2D eigenvalue weighted by molar-refractivity contribution is 8.00. The zero-order chi connectivity index (χ0) is 13.4. The van der Waals surface area contributed by atoms with Crippen molar-refractivity contribution in [2.75, 3.05) is 18.8 Å². The van der Waals surface area contributed by atoms with Gasteiger partial charge in [0.2, 0.25) is 0 Å². The van der Waals surface area contributed by atoms with Gasteiger partial charge in [0, 0.05) is 18.5 Å². The number of hydrogen-bond donors (Lipinski definition) is 1. The molecule has 5 heteroatoms. The Morgan fingerprint density at radius 2 is 1.94 bits per heavy atom. The number of thioether (sulfide) groups is 1. The molecule has 1 N–H and O–H groups in total. The summed E-state index contributed by atoms with van der Waals surface area (Å²) in [5.74, 6) is 1.04. The van der Waals surface area contributed by atoms with Crippen LogP contribution in [0.15, 0.2) is 0 Å². The van der Waals surface area contributed by atoms with Crippen molar-refractivity contribution in [1.29, 1.82) is 0 Å². The van der Waals surface area contributed by atoms with Crippen molar-refractivity contribution >= 4 is 17.9 Å². The third-order valence-electron chi connectivity index (χ3n) is 3.81. The number of carbonyl (C=O) groups excluding carboxylic acids is 1. The molecule has 2 aliphatic rings. The molecule has 0 saturated carbocycles. The first kappa shape index (κ1) is 14.0. The summed E-state index contributed by atoms with van der Waals surface area (Å²) in [5.41, 5.74) is -0.642. The van der Waals surface area contributed by atoms with Crippen LogP contribution >= 0.6 is 11.8 Å². The summed E-state index contributed by atoms with van der Waals surface area (Å²) in [6, 6.07) is 0. The predicted molar refractivity (Wildman–Crippen MR) is 72.6 cm³/mol. The normalized spacial score (nSPS) is 27.6. The van der Waals surface area contributed by atoms with Gasteiger partial charge in [-0.05, 0) is 45.8 Å². The molecular weight excluding hydrogens is 250 g/mol. The van der Waals surface area contributed by atoms with Crippen molar-refractivity contribution in [2.45, 2.75) is 51.1 Å². The molecule has 1 atom stereocenters. The van der Waals surface area contributed by atoms with E-state index in [9.17, 15) is 9.90 Å². The fourth-order valence-electron chi connectivity index (χ4n) is 2.63. The summed E-state index contributed by atoms with van der Waals surface area (Å²) in [5, 5.41) is 10.0. The molecule has 1 spiro atoms. The van der Waals surface area contributed by atoms with E-state index in [1.54, 1.807) is 16.7 Å². The van der Waals surface area contributed by atoms with Crippen molar-refractivity contribution in [2.24, 2.45) is 5.41 Å². The summed E-state index contributed by atoms with van der Waals surface area (Å²) < 4.78 is 5.37. The molecule has 2 fully saturated rings. The summed E-state index contributed by atoms with van der Waals surface area (Å²) >= 11 is 1.64. The maximum absolute atomic E-state index is 11.9. The van der Waals surface area contributed by atoms with E-state index < -0.39 is 5.60 Å². The van der Waals surface area contributed by atoms with Crippen LogP contribution in [0.4, 0.5) is 4.79 Å². The van der Waals surface area contributed by atoms with Crippen molar-refractivity contribution < 1.29 is 14.6 Å². The van der Waals surface area contributed by atoms with E-state index in [4.69, 9.17) is 4.74 Å². The lowest BCUT2D eigenvalue weighted by molar-refractivity contribution is -0.00438. The summed E-state index contributed by atoms with van der Waals surface area (Å²) in [4.78, 5) is 13.7. The number of nitrogens with zero attached hydrogens (tertiary/aromatic N) is 1. The Hall–Kier alpha value is -0.420. The third-order valence-corrected chi connectivity index (χ3v) is 5.07. The topological polar surface area (TPSA) is 49.8 Å². The second-order valence-corrected chi connectivity index (χ2v) is 7.49. The van der Waals surface area contributed by atoms with E-state index in [0.29, 0.717) is 13.1 Å². The first-order chi connectivity index (χ1) is 8.32. The standard InChI is InChI=1S/C13H23NO3S/c1-12(2,3)17-11(16)14-7-4-13(5-8-14)6-9-18-10(13)15/h10,15H,4-9H2,1-3H3. The number of aliphatic hydroxyl groups is 1. The Balaban J connectivity index is 1.89. The average molecular weight is 273 g/mol. The number of amides is 1. The van der Waals surface area contributed by atoms with Gasteiger partial charge in [0.25, 0.3) is 0 Å². The molecule has 0 aromatic rings. The molecule has 2 rings (SSSR count). The van der Waals surface area contributed by atoms with Gasteiger partial charge in [0.05, 0.1) is 0 Å². The van der Waals surface area contributed by atoms with Crippen LogP contribution in [-0.4, -0.2) is 46.0 Å². The van der Waals surface area contributed by atoms with Gasteiger partial charge in [-0.1, -0.05) is 0 Å². The van der Waals surface area contributed by atoms with Crippen LogP contribution in [0.2, 0.25) is 0 Å². The zero-order valence-electron chi connectivity index (χ0n) is 11.4. The molecule has 104 valence electrons. The highest BCUT2D eigenvalue weighted by Crippen LogP contribution is 2.48. The lowest BCUT2D eigenvalue weighted by atomic mass is 9.77. The smallest absolute Gasteiger partial charge is 0.410 e. The maximum Gasteiger partial charge on any atom is 0.410 e. The van der Waals surface area contributed by atoms with Crippen molar-refractivity contribution in [3.05, 3.63) is 0 Å². The third kappa shape index (κ3) is 2.94. The lowest BCUT2D eigenvalue weighted by Gasteiger charge is -2.41. The minimum atomic E-state index is -0.436. The Labute approximate surface area is 113 Å². The van der Waals surface area contributed by atoms with Gasteiger partial charge in [-0.15, -0.1) is 11.8 Å². The fourth-order valence-corrected chi connectivity index (χ4v) is 4.09. The lowest BCUT2D eigenvalue weighted by Crippen LogP contribution is -2.47. The van der Waals surface area contributed by atoms with Gasteiger partial charge < -0.3 is 14.7 Å². The molecule has 0 aliphatic carbocycles. The average Bonchev–Trinajstić information content (AvgIpc) is 2.59. The van der Waals surface area contributed by atoms with Gasteiger partial charge in [-0.25, -0.2) is 4.79 Å². The number of ether oxygens (including phenoxy) is 1. The zero-order valence-corrected chi connectivity index (χ0v) is 12.3. The first-order valence-electron chi connectivity index (χ1n) is 6.60. The molecule has 2 saturated heterocycles. The van der Waals surface area contributed by atoms with Crippen LogP contribution in [0, 0.1) is 5.41 Å². The van der Waals surface area contributed by atoms with E-state index in [1.165, 1.54) is 0 Å². The van der Waals surface area contributed by atoms with Crippen molar-refractivity contribution in [1.82, 2.24) is 4.90 Å². The first-order valence-corrected chi connectivity index (χ1v) is 7.65. The highest BCUT2D eigenvalue weighted by atomic mass is 32.2. The molecule has 0 radical (unpaired) electrons. The number of hydrogen-bond acceptors (Lipinski definition) is 4. The number of aliphatic hydroxyl groups excluding tert-OH is 1. The number of likely N-dealkylation sites (tertiary alicyclic amines) is 1. The molecule has 18 heavy (non-hydrogen) atoms. The van der Waals surface area contributed by atoms with E-state index in [1.807, 2.05) is 20.8 Å². The van der Waals surface area contributed by atoms with Crippen molar-refractivity contribution in [3.63, 3.8) is 0 Å². The molecule has 1 unspecified atom stereocenters. The minimum absolute atomic E-state index is 0.0448. The van der Waals surface area contributed by atoms with Crippen LogP contribution in [0.25, 0.3) is 0 Å². The molecule has 4 nitrogen and oxygen atoms in total. The molecule has 0 bridgehead atoms. The quantitative estimate of drug-likeness (QED) is 0.736. The van der Waals surface area contributed by atoms with E-state index >= 15 is 0 Å². The van der Waals surface area contributed by atoms with Gasteiger partial charge in [-0.2, -0.15) is 0 Å². The Morgan fingerprint density at radius 3 is 2.39 bits per heavy atom. The van der Waals surface area contributed by atoms with Crippen LogP contribution in [-0.2, 0) is 4.74 Å². The predicted octanol–water partition coefficient (Wildman–Crippen LogP) is 2.46. The molecule has 2 aliphatic heterocycles. The fraction of sp³-hybridized carbons (Fsp3) is 0.923. The number of carbonyl (C=O) groups is 1. The second kappa shape index (κ2) is 4.93. The van der Waals surface area contributed by atoms with Crippen LogP contribution in [0.3, 0.4) is 0 Å². The molecule has 2 heterocycles. The van der Waals surface area contributed by atoms with E-state index in [2.05, 4.69) is 0 Å². The van der Waals surface area contributed by atoms with Gasteiger partial charge in [0.1, 0.15) is 11.0 Å². The molecule has 0 aromatic carbocycles. The second-order valence-electron chi connectivity index (χ2n) is 6.30. The Bertz CT molecular complexity index is 319. The number of rotatable bonds is 0. The summed E-state index contributed by atoms with van der Waals surface area (Å²) in [6.45, 7) is 7.05. The molecule has 1 amide bonds. The Morgan fingerprint density at radius 1 is 1.33 bits per heavy atom. The summed E-state index contributed by atoms with van der Waals surface area (Å²) in [7, 11) is 0. The maximum atomic E-state index is 11.9. The van der Waals surface area contributed by atoms with E-state index in [0.717, 1.165) is 25.0 Å². The van der Waals surface area contributed by atoms with Gasteiger partial charge in [0.15, 0.2) is 0 Å². The minimum Gasteiger partial charge on any atom is -0.444 e. The molecular formula is C13H23NO3S. The van der Waals surface area contributed by atoms with Crippen LogP contribution < -0.4 is 0 Å². The van der Waals surface area contributed by atoms with Gasteiger partial charge in [-0.3, -0.25) is 0 Å². The summed E-state index contributed by atoms with van der Waals surface area (Å²) in [6.07, 6.45) is 2.62. The van der Waals surface area contributed by atoms with Crippen LogP contribution in [0.5, 0.6) is 0 Å².